The van der Waals surface area contributed by atoms with Gasteiger partial charge in [0, 0.05) is 24.2 Å². The average Bonchev–Trinajstić information content (AvgIpc) is 3.35. The fourth-order valence-corrected chi connectivity index (χ4v) is 2.45. The van der Waals surface area contributed by atoms with Crippen LogP contribution in [0, 0.1) is 5.92 Å². The van der Waals surface area contributed by atoms with Gasteiger partial charge in [-0.1, -0.05) is 6.92 Å². The van der Waals surface area contributed by atoms with Gasteiger partial charge in [-0.2, -0.15) is 0 Å². The first kappa shape index (κ1) is 16.6. The van der Waals surface area contributed by atoms with E-state index in [0.717, 1.165) is 29.9 Å². The largest absolute Gasteiger partial charge is 0.497 e. The van der Waals surface area contributed by atoms with Crippen molar-refractivity contribution < 1.29 is 14.3 Å². The molecular weight excluding hydrogens is 280 g/mol. The molecule has 5 heteroatoms. The van der Waals surface area contributed by atoms with Gasteiger partial charge in [-0.15, -0.1) is 0 Å². The van der Waals surface area contributed by atoms with Crippen molar-refractivity contribution in [3.05, 3.63) is 23.8 Å². The molecule has 122 valence electrons. The smallest absolute Gasteiger partial charge is 0.227 e. The lowest BCUT2D eigenvalue weighted by atomic mass is 10.0. The molecule has 1 amide bonds. The molecule has 0 aliphatic heterocycles. The van der Waals surface area contributed by atoms with Gasteiger partial charge in [0.15, 0.2) is 0 Å². The van der Waals surface area contributed by atoms with Crippen LogP contribution < -0.4 is 15.2 Å². The summed E-state index contributed by atoms with van der Waals surface area (Å²) in [5, 5.41) is 0. The molecule has 0 radical (unpaired) electrons. The van der Waals surface area contributed by atoms with Crippen LogP contribution in [0.2, 0.25) is 0 Å². The first-order valence-corrected chi connectivity index (χ1v) is 7.75. The highest BCUT2D eigenvalue weighted by atomic mass is 16.5. The number of hydrogen-bond acceptors (Lipinski definition) is 4. The van der Waals surface area contributed by atoms with Gasteiger partial charge in [0.2, 0.25) is 5.91 Å². The second-order valence-electron chi connectivity index (χ2n) is 6.02. The van der Waals surface area contributed by atoms with E-state index >= 15 is 0 Å². The monoisotopic (exact) mass is 306 g/mol. The number of nitrogens with zero attached hydrogens (tertiary/aromatic N) is 1. The molecule has 0 bridgehead atoms. The van der Waals surface area contributed by atoms with Crippen LogP contribution in [0.3, 0.4) is 0 Å². The summed E-state index contributed by atoms with van der Waals surface area (Å²) in [6, 6.07) is 5.83. The Bertz CT molecular complexity index is 527. The zero-order valence-electron chi connectivity index (χ0n) is 13.8. The quantitative estimate of drug-likeness (QED) is 0.838. The number of carbonyl (C=O) groups is 1. The first-order chi connectivity index (χ1) is 10.5. The summed E-state index contributed by atoms with van der Waals surface area (Å²) in [5.41, 5.74) is 6.86. The summed E-state index contributed by atoms with van der Waals surface area (Å²) >= 11 is 0. The summed E-state index contributed by atoms with van der Waals surface area (Å²) in [4.78, 5) is 14.6. The van der Waals surface area contributed by atoms with Gasteiger partial charge in [0.1, 0.15) is 11.5 Å². The highest BCUT2D eigenvalue weighted by Crippen LogP contribution is 2.33. The summed E-state index contributed by atoms with van der Waals surface area (Å²) in [7, 11) is 3.27. The lowest BCUT2D eigenvalue weighted by Crippen LogP contribution is -2.42. The van der Waals surface area contributed by atoms with Crippen molar-refractivity contribution in [1.82, 2.24) is 4.90 Å². The summed E-state index contributed by atoms with van der Waals surface area (Å²) in [6.07, 6.45) is 2.12. The summed E-state index contributed by atoms with van der Waals surface area (Å²) < 4.78 is 10.7. The molecule has 1 aromatic carbocycles. The Kier molecular flexibility index (Phi) is 5.29. The Morgan fingerprint density at radius 3 is 2.50 bits per heavy atom. The topological polar surface area (TPSA) is 64.8 Å². The maximum absolute atomic E-state index is 12.7. The normalized spacial score (nSPS) is 16.8. The third kappa shape index (κ3) is 3.71. The molecule has 0 saturated heterocycles. The van der Waals surface area contributed by atoms with Crippen molar-refractivity contribution >= 4 is 5.91 Å². The van der Waals surface area contributed by atoms with Crippen molar-refractivity contribution in [2.75, 3.05) is 14.2 Å². The average molecular weight is 306 g/mol. The molecular formula is C17H26N2O3. The van der Waals surface area contributed by atoms with E-state index in [2.05, 4.69) is 0 Å². The van der Waals surface area contributed by atoms with E-state index < -0.39 is 0 Å². The maximum Gasteiger partial charge on any atom is 0.227 e. The van der Waals surface area contributed by atoms with Crippen molar-refractivity contribution in [3.8, 4) is 11.5 Å². The van der Waals surface area contributed by atoms with Gasteiger partial charge < -0.3 is 20.1 Å². The zero-order chi connectivity index (χ0) is 16.3. The van der Waals surface area contributed by atoms with E-state index in [1.165, 1.54) is 0 Å². The molecule has 2 N–H and O–H groups in total. The number of rotatable bonds is 7. The van der Waals surface area contributed by atoms with Gasteiger partial charge in [-0.25, -0.2) is 0 Å². The maximum atomic E-state index is 12.7. The predicted octanol–water partition coefficient (Wildman–Crippen LogP) is 2.18. The number of ether oxygens (including phenoxy) is 2. The Hall–Kier alpha value is -1.75. The lowest BCUT2D eigenvalue weighted by molar-refractivity contribution is -0.136. The van der Waals surface area contributed by atoms with Gasteiger partial charge in [-0.3, -0.25) is 4.79 Å². The molecule has 5 nitrogen and oxygen atoms in total. The van der Waals surface area contributed by atoms with Gasteiger partial charge in [0.25, 0.3) is 0 Å². The van der Waals surface area contributed by atoms with Crippen LogP contribution in [0.1, 0.15) is 32.3 Å². The van der Waals surface area contributed by atoms with Crippen molar-refractivity contribution in [2.24, 2.45) is 11.7 Å². The molecule has 1 aliphatic rings. The standard InChI is InChI=1S/C17H26N2O3/c1-11(12(2)18)17(20)19(14-5-6-14)10-13-9-15(21-3)7-8-16(13)22-4/h7-9,11-12,14H,5-6,10,18H2,1-4H3. The Labute approximate surface area is 132 Å². The van der Waals surface area contributed by atoms with Crippen LogP contribution in [0.25, 0.3) is 0 Å². The fraction of sp³-hybridized carbons (Fsp3) is 0.588. The Morgan fingerprint density at radius 2 is 2.00 bits per heavy atom. The van der Waals surface area contributed by atoms with E-state index in [1.807, 2.05) is 36.9 Å². The van der Waals surface area contributed by atoms with Crippen LogP contribution in [0.15, 0.2) is 18.2 Å². The van der Waals surface area contributed by atoms with E-state index in [1.54, 1.807) is 14.2 Å². The number of methoxy groups -OCH3 is 2. The SMILES string of the molecule is COc1ccc(OC)c(CN(C(=O)C(C)C(C)N)C2CC2)c1. The summed E-state index contributed by atoms with van der Waals surface area (Å²) in [5.74, 6) is 1.46. The zero-order valence-corrected chi connectivity index (χ0v) is 13.8. The van der Waals surface area contributed by atoms with Crippen LogP contribution in [0.5, 0.6) is 11.5 Å². The lowest BCUT2D eigenvalue weighted by Gasteiger charge is -2.28. The number of nitrogens with two attached hydrogens (primary N) is 1. The molecule has 0 spiro atoms. The second kappa shape index (κ2) is 7.01. The van der Waals surface area contributed by atoms with Crippen LogP contribution in [-0.4, -0.2) is 37.1 Å². The van der Waals surface area contributed by atoms with Crippen LogP contribution in [0.4, 0.5) is 0 Å². The van der Waals surface area contributed by atoms with E-state index in [0.29, 0.717) is 12.6 Å². The van der Waals surface area contributed by atoms with E-state index in [4.69, 9.17) is 15.2 Å². The molecule has 2 rings (SSSR count). The van der Waals surface area contributed by atoms with Crippen molar-refractivity contribution in [2.45, 2.75) is 45.3 Å². The fourth-order valence-electron chi connectivity index (χ4n) is 2.45. The van der Waals surface area contributed by atoms with Gasteiger partial charge in [0.05, 0.1) is 20.1 Å². The minimum Gasteiger partial charge on any atom is -0.497 e. The van der Waals surface area contributed by atoms with Gasteiger partial charge in [-0.05, 0) is 38.0 Å². The molecule has 22 heavy (non-hydrogen) atoms. The molecule has 1 saturated carbocycles. The molecule has 2 unspecified atom stereocenters. The molecule has 0 heterocycles. The highest BCUT2D eigenvalue weighted by molar-refractivity contribution is 5.80. The molecule has 1 fully saturated rings. The minimum absolute atomic E-state index is 0.113. The third-order valence-corrected chi connectivity index (χ3v) is 4.28. The van der Waals surface area contributed by atoms with Crippen LogP contribution >= 0.6 is 0 Å². The van der Waals surface area contributed by atoms with Crippen molar-refractivity contribution in [1.29, 1.82) is 0 Å². The summed E-state index contributed by atoms with van der Waals surface area (Å²) in [6.45, 7) is 4.30. The third-order valence-electron chi connectivity index (χ3n) is 4.28. The number of hydrogen-bond donors (Lipinski definition) is 1. The highest BCUT2D eigenvalue weighted by Gasteiger charge is 2.35. The molecule has 1 aromatic rings. The molecule has 2 atom stereocenters. The van der Waals surface area contributed by atoms with E-state index in [9.17, 15) is 4.79 Å². The van der Waals surface area contributed by atoms with Crippen LogP contribution in [-0.2, 0) is 11.3 Å². The number of carbonyl (C=O) groups excluding carboxylic acids is 1. The first-order valence-electron chi connectivity index (χ1n) is 7.75. The molecule has 1 aliphatic carbocycles. The second-order valence-corrected chi connectivity index (χ2v) is 6.02. The Balaban J connectivity index is 2.23. The Morgan fingerprint density at radius 1 is 1.32 bits per heavy atom. The van der Waals surface area contributed by atoms with Gasteiger partial charge >= 0.3 is 0 Å². The molecule has 0 aromatic heterocycles. The number of amides is 1. The minimum atomic E-state index is -0.183. The van der Waals surface area contributed by atoms with E-state index in [-0.39, 0.29) is 17.9 Å². The van der Waals surface area contributed by atoms with Crippen molar-refractivity contribution in [3.63, 3.8) is 0 Å². The number of benzene rings is 1. The predicted molar refractivity (Wildman–Crippen MR) is 85.9 cm³/mol.